The highest BCUT2D eigenvalue weighted by atomic mass is 32.1. The third-order valence-corrected chi connectivity index (χ3v) is 3.37. The molecule has 6 heteroatoms. The second kappa shape index (κ2) is 5.07. The summed E-state index contributed by atoms with van der Waals surface area (Å²) in [7, 11) is 0. The third kappa shape index (κ3) is 2.50. The SMILES string of the molecule is CCN(CCn1c(CO)n[nH]c1=S)C1CC1. The van der Waals surface area contributed by atoms with Gasteiger partial charge in [-0.1, -0.05) is 6.92 Å². The van der Waals surface area contributed by atoms with E-state index in [2.05, 4.69) is 22.0 Å². The van der Waals surface area contributed by atoms with Crippen LogP contribution >= 0.6 is 12.2 Å². The molecule has 0 unspecified atom stereocenters. The molecule has 1 aromatic rings. The van der Waals surface area contributed by atoms with Crippen molar-refractivity contribution in [3.63, 3.8) is 0 Å². The van der Waals surface area contributed by atoms with Crippen LogP contribution < -0.4 is 0 Å². The molecule has 1 aliphatic carbocycles. The molecule has 0 saturated heterocycles. The zero-order chi connectivity index (χ0) is 11.5. The molecule has 1 aromatic heterocycles. The molecule has 0 aromatic carbocycles. The first-order valence-electron chi connectivity index (χ1n) is 5.75. The number of rotatable bonds is 6. The maximum Gasteiger partial charge on any atom is 0.195 e. The number of nitrogens with zero attached hydrogens (tertiary/aromatic N) is 3. The van der Waals surface area contributed by atoms with Crippen molar-refractivity contribution >= 4 is 12.2 Å². The molecular weight excluding hydrogens is 224 g/mol. The van der Waals surface area contributed by atoms with Crippen LogP contribution in [0.4, 0.5) is 0 Å². The van der Waals surface area contributed by atoms with Crippen LogP contribution in [-0.2, 0) is 13.2 Å². The summed E-state index contributed by atoms with van der Waals surface area (Å²) in [5, 5.41) is 15.8. The van der Waals surface area contributed by atoms with Gasteiger partial charge in [0.05, 0.1) is 0 Å². The highest BCUT2D eigenvalue weighted by Crippen LogP contribution is 2.26. The Hall–Kier alpha value is -0.720. The van der Waals surface area contributed by atoms with Gasteiger partial charge >= 0.3 is 0 Å². The smallest absolute Gasteiger partial charge is 0.195 e. The molecule has 0 bridgehead atoms. The second-order valence-electron chi connectivity index (χ2n) is 4.11. The molecule has 90 valence electrons. The van der Waals surface area contributed by atoms with E-state index in [1.54, 1.807) is 0 Å². The van der Waals surface area contributed by atoms with Crippen LogP contribution in [-0.4, -0.2) is 43.9 Å². The molecule has 1 saturated carbocycles. The molecule has 1 heterocycles. The lowest BCUT2D eigenvalue weighted by molar-refractivity contribution is 0.245. The molecule has 2 N–H and O–H groups in total. The number of aliphatic hydroxyl groups is 1. The van der Waals surface area contributed by atoms with Crippen LogP contribution in [0.2, 0.25) is 0 Å². The summed E-state index contributed by atoms with van der Waals surface area (Å²) in [5.74, 6) is 0.622. The highest BCUT2D eigenvalue weighted by molar-refractivity contribution is 7.71. The number of H-pyrrole nitrogens is 1. The summed E-state index contributed by atoms with van der Waals surface area (Å²) in [6, 6.07) is 0.767. The maximum absolute atomic E-state index is 9.11. The van der Waals surface area contributed by atoms with Crippen molar-refractivity contribution in [3.05, 3.63) is 10.6 Å². The average Bonchev–Trinajstić information content (AvgIpc) is 3.06. The first-order valence-corrected chi connectivity index (χ1v) is 6.16. The van der Waals surface area contributed by atoms with E-state index >= 15 is 0 Å². The van der Waals surface area contributed by atoms with Gasteiger partial charge in [0.25, 0.3) is 0 Å². The third-order valence-electron chi connectivity index (χ3n) is 3.06. The van der Waals surface area contributed by atoms with Gasteiger partial charge in [-0.15, -0.1) is 0 Å². The fourth-order valence-corrected chi connectivity index (χ4v) is 2.21. The van der Waals surface area contributed by atoms with E-state index in [-0.39, 0.29) is 6.61 Å². The van der Waals surface area contributed by atoms with E-state index in [0.29, 0.717) is 10.6 Å². The predicted molar refractivity (Wildman–Crippen MR) is 63.6 cm³/mol. The monoisotopic (exact) mass is 242 g/mol. The van der Waals surface area contributed by atoms with Crippen molar-refractivity contribution in [3.8, 4) is 0 Å². The van der Waals surface area contributed by atoms with E-state index < -0.39 is 0 Å². The van der Waals surface area contributed by atoms with E-state index in [9.17, 15) is 0 Å². The summed E-state index contributed by atoms with van der Waals surface area (Å²) in [6.45, 7) is 4.96. The molecular formula is C10H18N4OS. The zero-order valence-corrected chi connectivity index (χ0v) is 10.3. The summed E-state index contributed by atoms with van der Waals surface area (Å²) in [4.78, 5) is 2.45. The molecule has 5 nitrogen and oxygen atoms in total. The van der Waals surface area contributed by atoms with E-state index in [1.807, 2.05) is 4.57 Å². The molecule has 1 aliphatic rings. The quantitative estimate of drug-likeness (QED) is 0.728. The number of hydrogen-bond donors (Lipinski definition) is 2. The van der Waals surface area contributed by atoms with Gasteiger partial charge in [-0.3, -0.25) is 10.00 Å². The Balaban J connectivity index is 1.97. The molecule has 1 fully saturated rings. The van der Waals surface area contributed by atoms with Crippen LogP contribution in [0, 0.1) is 4.77 Å². The van der Waals surface area contributed by atoms with Crippen molar-refractivity contribution in [2.24, 2.45) is 0 Å². The fraction of sp³-hybridized carbons (Fsp3) is 0.800. The van der Waals surface area contributed by atoms with Gasteiger partial charge in [0.1, 0.15) is 6.61 Å². The Labute approximate surface area is 100 Å². The van der Waals surface area contributed by atoms with Crippen molar-refractivity contribution in [2.45, 2.75) is 39.0 Å². The number of likely N-dealkylation sites (N-methyl/N-ethyl adjacent to an activating group) is 1. The van der Waals surface area contributed by atoms with Gasteiger partial charge in [-0.2, -0.15) is 5.10 Å². The van der Waals surface area contributed by atoms with Crippen LogP contribution in [0.1, 0.15) is 25.6 Å². The normalized spacial score (nSPS) is 15.9. The van der Waals surface area contributed by atoms with E-state index in [4.69, 9.17) is 17.3 Å². The van der Waals surface area contributed by atoms with Gasteiger partial charge < -0.3 is 9.67 Å². The molecule has 0 radical (unpaired) electrons. The van der Waals surface area contributed by atoms with E-state index in [1.165, 1.54) is 12.8 Å². The number of hydrogen-bond acceptors (Lipinski definition) is 4. The lowest BCUT2D eigenvalue weighted by Gasteiger charge is -2.20. The Bertz CT molecular complexity index is 396. The second-order valence-corrected chi connectivity index (χ2v) is 4.50. The van der Waals surface area contributed by atoms with Crippen molar-refractivity contribution in [1.29, 1.82) is 0 Å². The van der Waals surface area contributed by atoms with Gasteiger partial charge in [0.2, 0.25) is 0 Å². The van der Waals surface area contributed by atoms with E-state index in [0.717, 1.165) is 25.7 Å². The Morgan fingerprint density at radius 1 is 1.62 bits per heavy atom. The number of aromatic nitrogens is 3. The minimum absolute atomic E-state index is 0.0668. The predicted octanol–water partition coefficient (Wildman–Crippen LogP) is 0.917. The lowest BCUT2D eigenvalue weighted by atomic mass is 10.4. The highest BCUT2D eigenvalue weighted by Gasteiger charge is 2.27. The summed E-state index contributed by atoms with van der Waals surface area (Å²) < 4.78 is 2.47. The topological polar surface area (TPSA) is 57.1 Å². The molecule has 0 atom stereocenters. The van der Waals surface area contributed by atoms with Crippen LogP contribution in [0.3, 0.4) is 0 Å². The minimum Gasteiger partial charge on any atom is -0.388 e. The fourth-order valence-electron chi connectivity index (χ4n) is 1.97. The zero-order valence-electron chi connectivity index (χ0n) is 9.52. The first kappa shape index (κ1) is 11.8. The van der Waals surface area contributed by atoms with Crippen molar-refractivity contribution in [1.82, 2.24) is 19.7 Å². The molecule has 16 heavy (non-hydrogen) atoms. The Kier molecular flexibility index (Phi) is 3.73. The summed E-state index contributed by atoms with van der Waals surface area (Å²) >= 11 is 5.12. The molecule has 2 rings (SSSR count). The number of aliphatic hydroxyl groups excluding tert-OH is 1. The molecule has 0 amide bonds. The van der Waals surface area contributed by atoms with Crippen molar-refractivity contribution in [2.75, 3.05) is 13.1 Å². The number of aromatic amines is 1. The van der Waals surface area contributed by atoms with Crippen LogP contribution in [0.5, 0.6) is 0 Å². The van der Waals surface area contributed by atoms with Crippen LogP contribution in [0.15, 0.2) is 0 Å². The Morgan fingerprint density at radius 2 is 2.38 bits per heavy atom. The maximum atomic E-state index is 9.11. The number of nitrogens with one attached hydrogen (secondary N) is 1. The summed E-state index contributed by atoms with van der Waals surface area (Å²) in [5.41, 5.74) is 0. The minimum atomic E-state index is -0.0668. The standard InChI is InChI=1S/C10H18N4OS/c1-2-13(8-3-4-8)5-6-14-9(7-15)11-12-10(14)16/h8,15H,2-7H2,1H3,(H,12,16). The summed E-state index contributed by atoms with van der Waals surface area (Å²) in [6.07, 6.45) is 2.63. The van der Waals surface area contributed by atoms with Crippen LogP contribution in [0.25, 0.3) is 0 Å². The van der Waals surface area contributed by atoms with Crippen molar-refractivity contribution < 1.29 is 5.11 Å². The average molecular weight is 242 g/mol. The van der Waals surface area contributed by atoms with Gasteiger partial charge in [-0.25, -0.2) is 0 Å². The van der Waals surface area contributed by atoms with Gasteiger partial charge in [0, 0.05) is 19.1 Å². The lowest BCUT2D eigenvalue weighted by Crippen LogP contribution is -2.29. The van der Waals surface area contributed by atoms with Gasteiger partial charge in [-0.05, 0) is 31.6 Å². The molecule has 0 spiro atoms. The first-order chi connectivity index (χ1) is 7.76. The largest absolute Gasteiger partial charge is 0.388 e. The molecule has 0 aliphatic heterocycles. The van der Waals surface area contributed by atoms with Gasteiger partial charge in [0.15, 0.2) is 10.6 Å². The Morgan fingerprint density at radius 3 is 2.94 bits per heavy atom.